The van der Waals surface area contributed by atoms with Crippen molar-refractivity contribution in [3.05, 3.63) is 0 Å². The maximum Gasteiger partial charge on any atom is 0.407 e. The van der Waals surface area contributed by atoms with Crippen LogP contribution < -0.4 is 16.0 Å². The van der Waals surface area contributed by atoms with E-state index >= 15 is 0 Å². The van der Waals surface area contributed by atoms with Crippen LogP contribution in [-0.2, 0) is 9.47 Å². The van der Waals surface area contributed by atoms with E-state index in [4.69, 9.17) is 14.5 Å². The third-order valence-corrected chi connectivity index (χ3v) is 4.33. The highest BCUT2D eigenvalue weighted by atomic mass is 127. The summed E-state index contributed by atoms with van der Waals surface area (Å²) < 4.78 is 11.1. The molecule has 0 spiro atoms. The summed E-state index contributed by atoms with van der Waals surface area (Å²) in [6.07, 6.45) is 0.0579. The predicted octanol–water partition coefficient (Wildman–Crippen LogP) is 2.57. The summed E-state index contributed by atoms with van der Waals surface area (Å²) in [5.74, 6) is 0.746. The lowest BCUT2D eigenvalue weighted by Gasteiger charge is -2.44. The summed E-state index contributed by atoms with van der Waals surface area (Å²) in [6.45, 7) is 20.5. The second kappa shape index (κ2) is 12.8. The van der Waals surface area contributed by atoms with E-state index in [9.17, 15) is 4.79 Å². The van der Waals surface area contributed by atoms with Crippen molar-refractivity contribution in [2.75, 3.05) is 39.3 Å². The van der Waals surface area contributed by atoms with Gasteiger partial charge >= 0.3 is 6.09 Å². The first-order valence-corrected chi connectivity index (χ1v) is 10.3. The fourth-order valence-electron chi connectivity index (χ4n) is 3.05. The van der Waals surface area contributed by atoms with Gasteiger partial charge in [0.2, 0.25) is 0 Å². The van der Waals surface area contributed by atoms with Crippen molar-refractivity contribution in [2.24, 2.45) is 4.99 Å². The minimum Gasteiger partial charge on any atom is -0.444 e. The van der Waals surface area contributed by atoms with Crippen LogP contribution >= 0.6 is 24.0 Å². The molecule has 3 N–H and O–H groups in total. The number of aliphatic imine (C=N–C) groups is 1. The van der Waals surface area contributed by atoms with Gasteiger partial charge in [-0.15, -0.1) is 24.0 Å². The molecule has 1 saturated heterocycles. The molecule has 0 aromatic heterocycles. The number of nitrogens with one attached hydrogen (secondary N) is 3. The van der Waals surface area contributed by atoms with E-state index in [1.807, 2.05) is 27.7 Å². The largest absolute Gasteiger partial charge is 0.444 e. The minimum atomic E-state index is -0.492. The lowest BCUT2D eigenvalue weighted by Crippen LogP contribution is -2.56. The molecule has 1 amide bonds. The molecule has 1 fully saturated rings. The Hall–Kier alpha value is -0.810. The molecule has 0 radical (unpaired) electrons. The van der Waals surface area contributed by atoms with Gasteiger partial charge in [0.1, 0.15) is 5.60 Å². The van der Waals surface area contributed by atoms with Gasteiger partial charge in [0, 0.05) is 38.3 Å². The molecule has 0 saturated carbocycles. The molecule has 0 aliphatic carbocycles. The van der Waals surface area contributed by atoms with E-state index in [0.717, 1.165) is 25.6 Å². The Labute approximate surface area is 194 Å². The Bertz CT molecular complexity index is 513. The molecule has 0 aromatic rings. The zero-order valence-electron chi connectivity index (χ0n) is 19.4. The molecule has 1 aliphatic rings. The van der Waals surface area contributed by atoms with E-state index in [0.29, 0.717) is 19.6 Å². The molecule has 9 heteroatoms. The van der Waals surface area contributed by atoms with Gasteiger partial charge in [-0.2, -0.15) is 0 Å². The first-order chi connectivity index (χ1) is 12.9. The highest BCUT2D eigenvalue weighted by Crippen LogP contribution is 2.21. The number of morpholine rings is 1. The SMILES string of the molecule is CCNC(=NCC(C)(C)N1CC(C)OC(C)C1)NCCNC(=O)OC(C)(C)C.I. The number of carbonyl (C=O) groups excluding carboxylic acids is 1. The minimum absolute atomic E-state index is 0. The number of carbonyl (C=O) groups is 1. The number of hydrogen-bond acceptors (Lipinski definition) is 5. The number of amides is 1. The average Bonchev–Trinajstić information content (AvgIpc) is 2.54. The van der Waals surface area contributed by atoms with Gasteiger partial charge in [-0.3, -0.25) is 9.89 Å². The number of ether oxygens (including phenoxy) is 2. The van der Waals surface area contributed by atoms with Crippen LogP contribution in [0, 0.1) is 0 Å². The monoisotopic (exact) mass is 527 g/mol. The van der Waals surface area contributed by atoms with Crippen molar-refractivity contribution in [3.63, 3.8) is 0 Å². The van der Waals surface area contributed by atoms with Crippen molar-refractivity contribution in [1.82, 2.24) is 20.9 Å². The van der Waals surface area contributed by atoms with Crippen LogP contribution in [0.25, 0.3) is 0 Å². The molecule has 0 bridgehead atoms. The average molecular weight is 527 g/mol. The standard InChI is InChI=1S/C20H41N5O3.HI/c1-9-21-17(22-10-11-23-18(26)28-19(4,5)6)24-14-20(7,8)25-12-15(2)27-16(3)13-25;/h15-16H,9-14H2,1-8H3,(H,23,26)(H2,21,22,24);1H. The molecule has 29 heavy (non-hydrogen) atoms. The maximum atomic E-state index is 11.7. The number of nitrogens with zero attached hydrogens (tertiary/aromatic N) is 2. The van der Waals surface area contributed by atoms with Crippen LogP contribution in [-0.4, -0.2) is 79.6 Å². The van der Waals surface area contributed by atoms with Crippen LogP contribution in [0.1, 0.15) is 55.4 Å². The summed E-state index contributed by atoms with van der Waals surface area (Å²) in [5, 5.41) is 9.25. The van der Waals surface area contributed by atoms with E-state index in [1.165, 1.54) is 0 Å². The fraction of sp³-hybridized carbons (Fsp3) is 0.900. The molecular formula is C20H42IN5O3. The van der Waals surface area contributed by atoms with Gasteiger partial charge in [0.25, 0.3) is 0 Å². The van der Waals surface area contributed by atoms with Crippen molar-refractivity contribution in [1.29, 1.82) is 0 Å². The van der Waals surface area contributed by atoms with E-state index in [1.54, 1.807) is 0 Å². The predicted molar refractivity (Wildman–Crippen MR) is 129 cm³/mol. The van der Waals surface area contributed by atoms with Crippen molar-refractivity contribution in [2.45, 2.75) is 78.7 Å². The van der Waals surface area contributed by atoms with Crippen LogP contribution in [0.4, 0.5) is 4.79 Å². The summed E-state index contributed by atoms with van der Waals surface area (Å²) in [4.78, 5) is 18.9. The van der Waals surface area contributed by atoms with E-state index in [2.05, 4.69) is 48.5 Å². The molecular weight excluding hydrogens is 485 g/mol. The molecule has 172 valence electrons. The highest BCUT2D eigenvalue weighted by Gasteiger charge is 2.33. The first-order valence-electron chi connectivity index (χ1n) is 10.3. The smallest absolute Gasteiger partial charge is 0.407 e. The van der Waals surface area contributed by atoms with E-state index in [-0.39, 0.29) is 41.7 Å². The molecule has 1 rings (SSSR count). The van der Waals surface area contributed by atoms with E-state index < -0.39 is 11.7 Å². The third kappa shape index (κ3) is 11.8. The molecule has 8 nitrogen and oxygen atoms in total. The molecule has 2 unspecified atom stereocenters. The lowest BCUT2D eigenvalue weighted by molar-refractivity contribution is -0.0939. The summed E-state index contributed by atoms with van der Waals surface area (Å²) in [6, 6.07) is 0. The zero-order valence-corrected chi connectivity index (χ0v) is 21.8. The number of halogens is 1. The Morgan fingerprint density at radius 3 is 2.14 bits per heavy atom. The quantitative estimate of drug-likeness (QED) is 0.204. The zero-order chi connectivity index (χ0) is 21.4. The number of hydrogen-bond donors (Lipinski definition) is 3. The van der Waals surface area contributed by atoms with Gasteiger partial charge in [-0.1, -0.05) is 0 Å². The highest BCUT2D eigenvalue weighted by molar-refractivity contribution is 14.0. The Morgan fingerprint density at radius 2 is 1.62 bits per heavy atom. The third-order valence-electron chi connectivity index (χ3n) is 4.33. The van der Waals surface area contributed by atoms with Gasteiger partial charge in [0.15, 0.2) is 5.96 Å². The van der Waals surface area contributed by atoms with Crippen LogP contribution in [0.3, 0.4) is 0 Å². The Balaban J connectivity index is 0.00000784. The summed E-state index contributed by atoms with van der Waals surface area (Å²) in [5.41, 5.74) is -0.558. The van der Waals surface area contributed by atoms with Crippen molar-refractivity contribution < 1.29 is 14.3 Å². The van der Waals surface area contributed by atoms with Gasteiger partial charge in [-0.25, -0.2) is 4.79 Å². The normalized spacial score (nSPS) is 21.2. The Morgan fingerprint density at radius 1 is 1.07 bits per heavy atom. The van der Waals surface area contributed by atoms with Gasteiger partial charge < -0.3 is 25.4 Å². The topological polar surface area (TPSA) is 87.2 Å². The van der Waals surface area contributed by atoms with Gasteiger partial charge in [0.05, 0.1) is 18.8 Å². The maximum absolute atomic E-state index is 11.7. The molecule has 2 atom stereocenters. The van der Waals surface area contributed by atoms with Crippen molar-refractivity contribution in [3.8, 4) is 0 Å². The van der Waals surface area contributed by atoms with Crippen molar-refractivity contribution >= 4 is 36.0 Å². The summed E-state index contributed by atoms with van der Waals surface area (Å²) in [7, 11) is 0. The number of rotatable bonds is 7. The molecule has 1 heterocycles. The second-order valence-corrected chi connectivity index (χ2v) is 9.03. The van der Waals surface area contributed by atoms with Gasteiger partial charge in [-0.05, 0) is 55.4 Å². The fourth-order valence-corrected chi connectivity index (χ4v) is 3.05. The number of guanidine groups is 1. The molecule has 0 aromatic carbocycles. The number of alkyl carbamates (subject to hydrolysis) is 1. The van der Waals surface area contributed by atoms with Crippen LogP contribution in [0.2, 0.25) is 0 Å². The Kier molecular flexibility index (Phi) is 12.4. The molecule has 1 aliphatic heterocycles. The first kappa shape index (κ1) is 28.2. The summed E-state index contributed by atoms with van der Waals surface area (Å²) >= 11 is 0. The van der Waals surface area contributed by atoms with Crippen LogP contribution in [0.15, 0.2) is 4.99 Å². The second-order valence-electron chi connectivity index (χ2n) is 9.03. The van der Waals surface area contributed by atoms with Crippen LogP contribution in [0.5, 0.6) is 0 Å². The lowest BCUT2D eigenvalue weighted by atomic mass is 10.0.